The Kier molecular flexibility index (Phi) is 4.65. The van der Waals surface area contributed by atoms with Crippen molar-refractivity contribution in [3.63, 3.8) is 0 Å². The lowest BCUT2D eigenvalue weighted by molar-refractivity contribution is 0.218. The normalized spacial score (nSPS) is 22.9. The summed E-state index contributed by atoms with van der Waals surface area (Å²) in [4.78, 5) is 30.9. The van der Waals surface area contributed by atoms with Gasteiger partial charge in [-0.05, 0) is 37.7 Å². The van der Waals surface area contributed by atoms with E-state index >= 15 is 0 Å². The van der Waals surface area contributed by atoms with Crippen LogP contribution in [0.15, 0.2) is 30.7 Å². The molecule has 2 aliphatic rings. The number of H-pyrrole nitrogens is 1. The number of hydrogen-bond donors (Lipinski definition) is 3. The number of anilines is 2. The smallest absolute Gasteiger partial charge is 0.321 e. The number of rotatable bonds is 4. The summed E-state index contributed by atoms with van der Waals surface area (Å²) in [6.45, 7) is 3.45. The zero-order valence-electron chi connectivity index (χ0n) is 17.1. The van der Waals surface area contributed by atoms with Crippen LogP contribution in [0, 0.1) is 18.8 Å². The lowest BCUT2D eigenvalue weighted by Crippen LogP contribution is -2.34. The SMILES string of the molecule is COc1cncc(NC(=O)N2C[C@H]3CC(Nc4nc(C)nc5[nH]ccc45)C[C@H]3C2)c1. The highest BCUT2D eigenvalue weighted by molar-refractivity contribution is 5.89. The van der Waals surface area contributed by atoms with Crippen molar-refractivity contribution in [1.29, 1.82) is 0 Å². The van der Waals surface area contributed by atoms with Gasteiger partial charge < -0.3 is 25.3 Å². The summed E-state index contributed by atoms with van der Waals surface area (Å²) in [6, 6.07) is 4.06. The van der Waals surface area contributed by atoms with Gasteiger partial charge in [-0.25, -0.2) is 14.8 Å². The minimum atomic E-state index is -0.0792. The number of aromatic nitrogens is 4. The van der Waals surface area contributed by atoms with Crippen LogP contribution in [0.25, 0.3) is 11.0 Å². The summed E-state index contributed by atoms with van der Waals surface area (Å²) in [6.07, 6.45) is 7.20. The summed E-state index contributed by atoms with van der Waals surface area (Å²) in [5.41, 5.74) is 1.50. The quantitative estimate of drug-likeness (QED) is 0.614. The Hall–Kier alpha value is -3.36. The van der Waals surface area contributed by atoms with E-state index < -0.39 is 0 Å². The molecule has 0 aromatic carbocycles. The number of carbonyl (C=O) groups excluding carboxylic acids is 1. The molecule has 0 radical (unpaired) electrons. The number of aryl methyl sites for hydroxylation is 1. The molecular weight excluding hydrogens is 382 g/mol. The molecular formula is C21H25N7O2. The van der Waals surface area contributed by atoms with Gasteiger partial charge in [-0.1, -0.05) is 0 Å². The first kappa shape index (κ1) is 18.7. The number of amides is 2. The second-order valence-corrected chi connectivity index (χ2v) is 8.14. The van der Waals surface area contributed by atoms with Gasteiger partial charge in [0.25, 0.3) is 0 Å². The fourth-order valence-corrected chi connectivity index (χ4v) is 4.74. The fourth-order valence-electron chi connectivity index (χ4n) is 4.74. The van der Waals surface area contributed by atoms with Crippen LogP contribution in [0.4, 0.5) is 16.3 Å². The number of nitrogens with zero attached hydrogens (tertiary/aromatic N) is 4. The van der Waals surface area contributed by atoms with Gasteiger partial charge in [0, 0.05) is 31.4 Å². The summed E-state index contributed by atoms with van der Waals surface area (Å²) in [5.74, 6) is 3.27. The third kappa shape index (κ3) is 3.51. The van der Waals surface area contributed by atoms with Gasteiger partial charge in [0.05, 0.1) is 30.6 Å². The molecule has 1 aliphatic carbocycles. The molecule has 3 atom stereocenters. The topological polar surface area (TPSA) is 108 Å². The highest BCUT2D eigenvalue weighted by Crippen LogP contribution is 2.39. The number of pyridine rings is 1. The molecule has 156 valence electrons. The zero-order valence-corrected chi connectivity index (χ0v) is 17.1. The predicted molar refractivity (Wildman–Crippen MR) is 114 cm³/mol. The average Bonchev–Trinajstić information content (AvgIpc) is 3.42. The first-order valence-corrected chi connectivity index (χ1v) is 10.2. The molecule has 0 bridgehead atoms. The Labute approximate surface area is 174 Å². The van der Waals surface area contributed by atoms with Gasteiger partial charge in [-0.15, -0.1) is 0 Å². The van der Waals surface area contributed by atoms with Crippen LogP contribution >= 0.6 is 0 Å². The van der Waals surface area contributed by atoms with Crippen molar-refractivity contribution in [1.82, 2.24) is 24.8 Å². The van der Waals surface area contributed by atoms with Crippen molar-refractivity contribution in [2.24, 2.45) is 11.8 Å². The molecule has 3 aromatic rings. The molecule has 5 rings (SSSR count). The molecule has 1 saturated heterocycles. The second-order valence-electron chi connectivity index (χ2n) is 8.14. The summed E-state index contributed by atoms with van der Waals surface area (Å²) < 4.78 is 5.17. The van der Waals surface area contributed by atoms with E-state index in [4.69, 9.17) is 4.74 Å². The van der Waals surface area contributed by atoms with Crippen molar-refractivity contribution in [2.75, 3.05) is 30.8 Å². The molecule has 2 amide bonds. The summed E-state index contributed by atoms with van der Waals surface area (Å²) in [5, 5.41) is 7.57. The standard InChI is InChI=1S/C21H25N7O2/c1-12-24-19-18(3-4-23-19)20(25-12)26-15-5-13-10-28(11-14(13)6-15)21(29)27-16-7-17(30-2)9-22-8-16/h3-4,7-9,13-15H,5-6,10-11H2,1-2H3,(H,27,29)(H2,23,24,25,26)/t13-,14+,15?. The number of urea groups is 1. The molecule has 1 aliphatic heterocycles. The molecule has 4 heterocycles. The largest absolute Gasteiger partial charge is 0.495 e. The molecule has 0 spiro atoms. The van der Waals surface area contributed by atoms with Crippen molar-refractivity contribution >= 4 is 28.6 Å². The zero-order chi connectivity index (χ0) is 20.7. The van der Waals surface area contributed by atoms with E-state index in [2.05, 4.69) is 30.6 Å². The van der Waals surface area contributed by atoms with Crippen LogP contribution in [0.5, 0.6) is 5.75 Å². The minimum Gasteiger partial charge on any atom is -0.495 e. The first-order chi connectivity index (χ1) is 14.6. The van der Waals surface area contributed by atoms with Crippen LogP contribution in [0.3, 0.4) is 0 Å². The Morgan fingerprint density at radius 1 is 1.23 bits per heavy atom. The minimum absolute atomic E-state index is 0.0792. The lowest BCUT2D eigenvalue weighted by atomic mass is 10.0. The van der Waals surface area contributed by atoms with Crippen LogP contribution in [-0.2, 0) is 0 Å². The number of aromatic amines is 1. The number of nitrogens with one attached hydrogen (secondary N) is 3. The molecule has 3 N–H and O–H groups in total. The van der Waals surface area contributed by atoms with Gasteiger partial charge in [0.1, 0.15) is 23.0 Å². The number of hydrogen-bond acceptors (Lipinski definition) is 6. The Morgan fingerprint density at radius 2 is 2.03 bits per heavy atom. The summed E-state index contributed by atoms with van der Waals surface area (Å²) in [7, 11) is 1.58. The highest BCUT2D eigenvalue weighted by atomic mass is 16.5. The molecule has 3 aromatic heterocycles. The molecule has 30 heavy (non-hydrogen) atoms. The van der Waals surface area contributed by atoms with Gasteiger partial charge in [0.15, 0.2) is 0 Å². The van der Waals surface area contributed by atoms with Crippen LogP contribution in [0.1, 0.15) is 18.7 Å². The van der Waals surface area contributed by atoms with Crippen LogP contribution in [0.2, 0.25) is 0 Å². The number of methoxy groups -OCH3 is 1. The third-order valence-corrected chi connectivity index (χ3v) is 6.11. The number of likely N-dealkylation sites (tertiary alicyclic amines) is 1. The highest BCUT2D eigenvalue weighted by Gasteiger charge is 2.42. The van der Waals surface area contributed by atoms with Crippen LogP contribution in [-0.4, -0.2) is 57.1 Å². The maximum Gasteiger partial charge on any atom is 0.321 e. The maximum absolute atomic E-state index is 12.7. The second kappa shape index (κ2) is 7.47. The van der Waals surface area contributed by atoms with E-state index in [1.807, 2.05) is 24.1 Å². The van der Waals surface area contributed by atoms with Crippen molar-refractivity contribution in [3.8, 4) is 5.75 Å². The van der Waals surface area contributed by atoms with Crippen molar-refractivity contribution in [2.45, 2.75) is 25.8 Å². The molecule has 2 fully saturated rings. The monoisotopic (exact) mass is 407 g/mol. The van der Waals surface area contributed by atoms with Crippen LogP contribution < -0.4 is 15.4 Å². The fraction of sp³-hybridized carbons (Fsp3) is 0.429. The first-order valence-electron chi connectivity index (χ1n) is 10.2. The molecule has 1 unspecified atom stereocenters. The van der Waals surface area contributed by atoms with E-state index in [0.717, 1.165) is 48.6 Å². The van der Waals surface area contributed by atoms with E-state index in [1.165, 1.54) is 0 Å². The van der Waals surface area contributed by atoms with E-state index in [0.29, 0.717) is 29.3 Å². The lowest BCUT2D eigenvalue weighted by Gasteiger charge is -2.21. The van der Waals surface area contributed by atoms with Crippen molar-refractivity contribution < 1.29 is 9.53 Å². The molecule has 1 saturated carbocycles. The Balaban J connectivity index is 1.20. The van der Waals surface area contributed by atoms with Crippen molar-refractivity contribution in [3.05, 3.63) is 36.5 Å². The van der Waals surface area contributed by atoms with E-state index in [-0.39, 0.29) is 6.03 Å². The number of ether oxygens (including phenoxy) is 1. The average molecular weight is 407 g/mol. The van der Waals surface area contributed by atoms with Gasteiger partial charge in [-0.2, -0.15) is 0 Å². The summed E-state index contributed by atoms with van der Waals surface area (Å²) >= 11 is 0. The van der Waals surface area contributed by atoms with E-state index in [9.17, 15) is 4.79 Å². The third-order valence-electron chi connectivity index (χ3n) is 6.11. The number of carbonyl (C=O) groups is 1. The number of fused-ring (bicyclic) bond motifs is 2. The van der Waals surface area contributed by atoms with Gasteiger partial charge in [0.2, 0.25) is 0 Å². The Morgan fingerprint density at radius 3 is 2.80 bits per heavy atom. The maximum atomic E-state index is 12.7. The van der Waals surface area contributed by atoms with Gasteiger partial charge in [-0.3, -0.25) is 4.98 Å². The van der Waals surface area contributed by atoms with Gasteiger partial charge >= 0.3 is 6.03 Å². The predicted octanol–water partition coefficient (Wildman–Crippen LogP) is 3.02. The molecule has 9 heteroatoms. The Bertz CT molecular complexity index is 1070. The molecule has 9 nitrogen and oxygen atoms in total. The van der Waals surface area contributed by atoms with E-state index in [1.54, 1.807) is 25.6 Å².